The SMILES string of the molecule is C=CCn1nc(N2C(=O)c3ccccc3C2=O)c2c(Oc3cc(F)ccc3Cl)c(NC(=O)c3cc(F)cc(C(F)(F)F)c3)cc(Br)c21. The Hall–Kier alpha value is -5.08. The number of carbonyl (C=O) groups is 3. The minimum atomic E-state index is -4.96. The molecule has 2 heterocycles. The first kappa shape index (κ1) is 31.9. The van der Waals surface area contributed by atoms with Crippen LogP contribution >= 0.6 is 27.5 Å². The summed E-state index contributed by atoms with van der Waals surface area (Å²) in [5, 5.41) is 6.77. The topological polar surface area (TPSA) is 93.5 Å². The van der Waals surface area contributed by atoms with Gasteiger partial charge >= 0.3 is 6.18 Å². The highest BCUT2D eigenvalue weighted by Gasteiger charge is 2.40. The second-order valence-corrected chi connectivity index (χ2v) is 11.4. The van der Waals surface area contributed by atoms with Crippen LogP contribution in [0.15, 0.2) is 83.9 Å². The Morgan fingerprint density at radius 3 is 2.32 bits per heavy atom. The number of ether oxygens (including phenoxy) is 1. The summed E-state index contributed by atoms with van der Waals surface area (Å²) < 4.78 is 76.5. The summed E-state index contributed by atoms with van der Waals surface area (Å²) in [5.74, 6) is -5.55. The van der Waals surface area contributed by atoms with Crippen molar-refractivity contribution in [2.75, 3.05) is 10.2 Å². The fraction of sp³-hybridized carbons (Fsp3) is 0.0625. The molecule has 1 aromatic heterocycles. The third-order valence-electron chi connectivity index (χ3n) is 7.05. The number of carbonyl (C=O) groups excluding carboxylic acids is 3. The van der Waals surface area contributed by atoms with Crippen LogP contribution in [-0.2, 0) is 12.7 Å². The zero-order valence-electron chi connectivity index (χ0n) is 23.5. The number of nitrogens with one attached hydrogen (secondary N) is 1. The second-order valence-electron chi connectivity index (χ2n) is 10.1. The molecule has 4 aromatic carbocycles. The number of halogens is 7. The minimum absolute atomic E-state index is 0.0493. The average molecular weight is 732 g/mol. The molecule has 0 aliphatic carbocycles. The molecule has 0 saturated carbocycles. The van der Waals surface area contributed by atoms with Gasteiger partial charge in [-0.25, -0.2) is 13.7 Å². The number of allylic oxidation sites excluding steroid dienone is 1. The maximum Gasteiger partial charge on any atom is 0.416 e. The first-order valence-corrected chi connectivity index (χ1v) is 14.6. The van der Waals surface area contributed by atoms with Crippen LogP contribution < -0.4 is 15.0 Å². The Bertz CT molecular complexity index is 2130. The van der Waals surface area contributed by atoms with E-state index in [1.807, 2.05) is 0 Å². The van der Waals surface area contributed by atoms with E-state index in [2.05, 4.69) is 32.9 Å². The molecular weight excluding hydrogens is 715 g/mol. The standard InChI is InChI=1S/C32H17BrClF5N4O4/c1-2-9-42-26-21(33)14-23(40-29(44)15-10-16(32(37,38)39)12-18(36)11-15)27(47-24-13-17(35)7-8-22(24)34)25(26)28(41-42)43-30(45)19-5-3-4-6-20(19)31(43)46/h2-8,10-14H,1,9H2,(H,40,44). The molecule has 15 heteroatoms. The predicted molar refractivity (Wildman–Crippen MR) is 166 cm³/mol. The van der Waals surface area contributed by atoms with E-state index in [9.17, 15) is 36.3 Å². The van der Waals surface area contributed by atoms with Crippen LogP contribution in [0.5, 0.6) is 11.5 Å². The molecule has 0 spiro atoms. The fourth-order valence-electron chi connectivity index (χ4n) is 5.03. The lowest BCUT2D eigenvalue weighted by Gasteiger charge is -2.18. The number of rotatable bonds is 7. The molecule has 0 radical (unpaired) electrons. The van der Waals surface area contributed by atoms with Crippen molar-refractivity contribution in [2.45, 2.75) is 12.7 Å². The number of aromatic nitrogens is 2. The fourth-order valence-corrected chi connectivity index (χ4v) is 5.82. The number of anilines is 2. The number of amides is 3. The molecule has 47 heavy (non-hydrogen) atoms. The number of imide groups is 1. The van der Waals surface area contributed by atoms with Crippen LogP contribution in [-0.4, -0.2) is 27.5 Å². The van der Waals surface area contributed by atoms with Crippen molar-refractivity contribution >= 4 is 67.7 Å². The predicted octanol–water partition coefficient (Wildman–Crippen LogP) is 8.78. The van der Waals surface area contributed by atoms with Crippen LogP contribution in [0.1, 0.15) is 36.6 Å². The highest BCUT2D eigenvalue weighted by molar-refractivity contribution is 9.10. The quantitative estimate of drug-likeness (QED) is 0.103. The van der Waals surface area contributed by atoms with E-state index in [1.54, 1.807) is 12.1 Å². The molecule has 1 aliphatic heterocycles. The first-order chi connectivity index (χ1) is 22.3. The molecule has 1 aliphatic rings. The zero-order chi connectivity index (χ0) is 33.8. The number of hydrogen-bond acceptors (Lipinski definition) is 5. The maximum absolute atomic E-state index is 14.3. The van der Waals surface area contributed by atoms with Gasteiger partial charge in [-0.05, 0) is 64.5 Å². The van der Waals surface area contributed by atoms with Crippen LogP contribution in [0.4, 0.5) is 33.5 Å². The molecule has 5 aromatic rings. The van der Waals surface area contributed by atoms with Gasteiger partial charge in [0.2, 0.25) is 0 Å². The summed E-state index contributed by atoms with van der Waals surface area (Å²) >= 11 is 9.70. The van der Waals surface area contributed by atoms with E-state index in [0.717, 1.165) is 17.0 Å². The van der Waals surface area contributed by atoms with E-state index < -0.39 is 46.7 Å². The number of fused-ring (bicyclic) bond motifs is 2. The molecule has 3 amide bonds. The summed E-state index contributed by atoms with van der Waals surface area (Å²) in [7, 11) is 0. The van der Waals surface area contributed by atoms with E-state index in [0.29, 0.717) is 12.1 Å². The van der Waals surface area contributed by atoms with Crippen molar-refractivity contribution in [1.29, 1.82) is 0 Å². The van der Waals surface area contributed by atoms with Crippen LogP contribution in [0.25, 0.3) is 10.9 Å². The Morgan fingerprint density at radius 2 is 1.68 bits per heavy atom. The van der Waals surface area contributed by atoms with Gasteiger partial charge in [0.15, 0.2) is 11.6 Å². The van der Waals surface area contributed by atoms with Crippen molar-refractivity contribution in [3.05, 3.63) is 123 Å². The van der Waals surface area contributed by atoms with Crippen molar-refractivity contribution in [2.24, 2.45) is 0 Å². The minimum Gasteiger partial charge on any atom is -0.453 e. The molecule has 8 nitrogen and oxygen atoms in total. The van der Waals surface area contributed by atoms with Crippen LogP contribution in [0.3, 0.4) is 0 Å². The molecule has 238 valence electrons. The Labute approximate surface area is 275 Å². The van der Waals surface area contributed by atoms with Gasteiger partial charge in [-0.3, -0.25) is 19.1 Å². The normalized spacial score (nSPS) is 12.9. The molecule has 0 saturated heterocycles. The molecule has 1 N–H and O–H groups in total. The van der Waals surface area contributed by atoms with Gasteiger partial charge in [-0.15, -0.1) is 6.58 Å². The van der Waals surface area contributed by atoms with Gasteiger partial charge in [-0.1, -0.05) is 29.8 Å². The van der Waals surface area contributed by atoms with Gasteiger partial charge in [0, 0.05) is 16.1 Å². The lowest BCUT2D eigenvalue weighted by atomic mass is 10.1. The van der Waals surface area contributed by atoms with Gasteiger partial charge in [0.25, 0.3) is 17.7 Å². The van der Waals surface area contributed by atoms with E-state index >= 15 is 0 Å². The Morgan fingerprint density at radius 1 is 1.00 bits per heavy atom. The molecule has 0 unspecified atom stereocenters. The molecule has 6 rings (SSSR count). The van der Waals surface area contributed by atoms with Crippen molar-refractivity contribution < 1.29 is 41.1 Å². The highest BCUT2D eigenvalue weighted by atomic mass is 79.9. The molecule has 0 bridgehead atoms. The second kappa shape index (κ2) is 11.9. The molecule has 0 fully saturated rings. The summed E-state index contributed by atoms with van der Waals surface area (Å²) in [4.78, 5) is 41.3. The number of alkyl halides is 3. The third kappa shape index (κ3) is 5.74. The summed E-state index contributed by atoms with van der Waals surface area (Å²) in [6, 6.07) is 11.9. The smallest absolute Gasteiger partial charge is 0.416 e. The molecule has 0 atom stereocenters. The lowest BCUT2D eigenvalue weighted by Crippen LogP contribution is -2.30. The lowest BCUT2D eigenvalue weighted by molar-refractivity contribution is -0.137. The average Bonchev–Trinajstić information content (AvgIpc) is 3.50. The Balaban J connectivity index is 1.60. The third-order valence-corrected chi connectivity index (χ3v) is 7.97. The highest BCUT2D eigenvalue weighted by Crippen LogP contribution is 2.48. The van der Waals surface area contributed by atoms with E-state index in [-0.39, 0.29) is 67.1 Å². The first-order valence-electron chi connectivity index (χ1n) is 13.4. The van der Waals surface area contributed by atoms with E-state index in [1.165, 1.54) is 35.0 Å². The van der Waals surface area contributed by atoms with Crippen molar-refractivity contribution in [1.82, 2.24) is 9.78 Å². The number of hydrogen-bond donors (Lipinski definition) is 1. The van der Waals surface area contributed by atoms with Gasteiger partial charge in [-0.2, -0.15) is 18.3 Å². The summed E-state index contributed by atoms with van der Waals surface area (Å²) in [6.07, 6.45) is -3.48. The number of benzene rings is 4. The summed E-state index contributed by atoms with van der Waals surface area (Å²) in [5.41, 5.74) is -1.93. The molecular formula is C32H17BrClF5N4O4. The van der Waals surface area contributed by atoms with E-state index in [4.69, 9.17) is 16.3 Å². The van der Waals surface area contributed by atoms with Gasteiger partial charge in [0.05, 0.1) is 44.8 Å². The monoisotopic (exact) mass is 730 g/mol. The van der Waals surface area contributed by atoms with Gasteiger partial charge < -0.3 is 10.1 Å². The van der Waals surface area contributed by atoms with Gasteiger partial charge in [0.1, 0.15) is 17.4 Å². The maximum atomic E-state index is 14.3. The van der Waals surface area contributed by atoms with Crippen molar-refractivity contribution in [3.8, 4) is 11.5 Å². The van der Waals surface area contributed by atoms with Crippen LogP contribution in [0, 0.1) is 11.6 Å². The summed E-state index contributed by atoms with van der Waals surface area (Å²) in [6.45, 7) is 3.76. The van der Waals surface area contributed by atoms with Crippen LogP contribution in [0.2, 0.25) is 5.02 Å². The Kier molecular flexibility index (Phi) is 8.10. The zero-order valence-corrected chi connectivity index (χ0v) is 25.8. The number of nitrogens with zero attached hydrogens (tertiary/aromatic N) is 3. The largest absolute Gasteiger partial charge is 0.453 e. The van der Waals surface area contributed by atoms with Crippen molar-refractivity contribution in [3.63, 3.8) is 0 Å².